The number of anilines is 1. The number of carbonyl (C=O) groups is 3. The van der Waals surface area contributed by atoms with E-state index in [9.17, 15) is 14.4 Å². The zero-order chi connectivity index (χ0) is 21.5. The van der Waals surface area contributed by atoms with Gasteiger partial charge in [-0.3, -0.25) is 25.2 Å². The molecule has 0 aromatic heterocycles. The molecule has 7 heteroatoms. The summed E-state index contributed by atoms with van der Waals surface area (Å²) < 4.78 is 5.63. The minimum atomic E-state index is -0.447. The lowest BCUT2D eigenvalue weighted by molar-refractivity contribution is -0.117. The van der Waals surface area contributed by atoms with Gasteiger partial charge in [0.1, 0.15) is 5.75 Å². The average Bonchev–Trinajstić information content (AvgIpc) is 3.58. The standard InChI is InChI=1S/C23H27N3O4/c1-15(2)13-14-30-20-11-7-18(8-12-20)23(29)26-25-22(28)17-5-9-19(10-6-17)24-21(27)16-3-4-16/h5-12,15-16H,3-4,13-14H2,1-2H3,(H,24,27)(H,25,28)(H,26,29). The van der Waals surface area contributed by atoms with Crippen molar-refractivity contribution in [1.82, 2.24) is 10.9 Å². The van der Waals surface area contributed by atoms with E-state index >= 15 is 0 Å². The molecule has 0 unspecified atom stereocenters. The summed E-state index contributed by atoms with van der Waals surface area (Å²) in [6, 6.07) is 13.2. The van der Waals surface area contributed by atoms with Crippen molar-refractivity contribution in [2.75, 3.05) is 11.9 Å². The molecule has 3 N–H and O–H groups in total. The van der Waals surface area contributed by atoms with Gasteiger partial charge in [-0.1, -0.05) is 13.8 Å². The maximum absolute atomic E-state index is 12.2. The Bertz CT molecular complexity index is 888. The maximum atomic E-state index is 12.2. The highest BCUT2D eigenvalue weighted by Crippen LogP contribution is 2.30. The van der Waals surface area contributed by atoms with Crippen LogP contribution in [-0.2, 0) is 4.79 Å². The van der Waals surface area contributed by atoms with Gasteiger partial charge < -0.3 is 10.1 Å². The van der Waals surface area contributed by atoms with Gasteiger partial charge in [-0.05, 0) is 73.7 Å². The van der Waals surface area contributed by atoms with Crippen molar-refractivity contribution < 1.29 is 19.1 Å². The van der Waals surface area contributed by atoms with E-state index < -0.39 is 11.8 Å². The molecule has 30 heavy (non-hydrogen) atoms. The van der Waals surface area contributed by atoms with Crippen LogP contribution in [0.25, 0.3) is 0 Å². The molecule has 3 amide bonds. The molecule has 3 rings (SSSR count). The van der Waals surface area contributed by atoms with Crippen LogP contribution in [0.1, 0.15) is 53.8 Å². The van der Waals surface area contributed by atoms with E-state index in [2.05, 4.69) is 30.0 Å². The fourth-order valence-electron chi connectivity index (χ4n) is 2.67. The van der Waals surface area contributed by atoms with E-state index in [1.165, 1.54) is 0 Å². The first kappa shape index (κ1) is 21.4. The molecular formula is C23H27N3O4. The molecule has 0 saturated heterocycles. The van der Waals surface area contributed by atoms with Crippen molar-refractivity contribution in [3.05, 3.63) is 59.7 Å². The number of carbonyl (C=O) groups excluding carboxylic acids is 3. The lowest BCUT2D eigenvalue weighted by Crippen LogP contribution is -2.41. The number of hydrazine groups is 1. The molecule has 0 radical (unpaired) electrons. The molecule has 0 heterocycles. The Labute approximate surface area is 176 Å². The lowest BCUT2D eigenvalue weighted by Gasteiger charge is -2.10. The first-order valence-electron chi connectivity index (χ1n) is 10.2. The molecule has 0 aliphatic heterocycles. The number of nitrogens with one attached hydrogen (secondary N) is 3. The summed E-state index contributed by atoms with van der Waals surface area (Å²) in [5, 5.41) is 2.81. The van der Waals surface area contributed by atoms with Gasteiger partial charge >= 0.3 is 0 Å². The zero-order valence-electron chi connectivity index (χ0n) is 17.2. The minimum absolute atomic E-state index is 0.0100. The highest BCUT2D eigenvalue weighted by atomic mass is 16.5. The van der Waals surface area contributed by atoms with E-state index in [1.54, 1.807) is 48.5 Å². The van der Waals surface area contributed by atoms with Crippen molar-refractivity contribution in [1.29, 1.82) is 0 Å². The maximum Gasteiger partial charge on any atom is 0.269 e. The molecule has 2 aromatic rings. The Balaban J connectivity index is 1.45. The van der Waals surface area contributed by atoms with Gasteiger partial charge in [0.25, 0.3) is 11.8 Å². The van der Waals surface area contributed by atoms with Crippen molar-refractivity contribution in [2.45, 2.75) is 33.1 Å². The molecule has 0 bridgehead atoms. The Morgan fingerprint density at radius 1 is 0.900 bits per heavy atom. The zero-order valence-corrected chi connectivity index (χ0v) is 17.2. The van der Waals surface area contributed by atoms with Gasteiger partial charge in [0.05, 0.1) is 6.61 Å². The van der Waals surface area contributed by atoms with Crippen molar-refractivity contribution in [2.24, 2.45) is 11.8 Å². The van der Waals surface area contributed by atoms with Gasteiger partial charge in [-0.2, -0.15) is 0 Å². The van der Waals surface area contributed by atoms with Gasteiger partial charge in [0.15, 0.2) is 0 Å². The van der Waals surface area contributed by atoms with Gasteiger partial charge in [-0.25, -0.2) is 0 Å². The normalized spacial score (nSPS) is 12.9. The SMILES string of the molecule is CC(C)CCOc1ccc(C(=O)NNC(=O)c2ccc(NC(=O)C3CC3)cc2)cc1. The summed E-state index contributed by atoms with van der Waals surface area (Å²) in [6.45, 7) is 4.89. The number of ether oxygens (including phenoxy) is 1. The Morgan fingerprint density at radius 2 is 1.43 bits per heavy atom. The van der Waals surface area contributed by atoms with Gasteiger partial charge in [0, 0.05) is 22.7 Å². The van der Waals surface area contributed by atoms with Crippen LogP contribution in [0, 0.1) is 11.8 Å². The van der Waals surface area contributed by atoms with E-state index in [0.29, 0.717) is 35.1 Å². The van der Waals surface area contributed by atoms with Crippen LogP contribution < -0.4 is 20.9 Å². The molecule has 1 aliphatic carbocycles. The fraction of sp³-hybridized carbons (Fsp3) is 0.348. The summed E-state index contributed by atoms with van der Waals surface area (Å²) in [5.41, 5.74) is 6.20. The second-order valence-corrected chi connectivity index (χ2v) is 7.80. The summed E-state index contributed by atoms with van der Waals surface area (Å²) in [6.07, 6.45) is 2.82. The van der Waals surface area contributed by atoms with Gasteiger partial charge in [-0.15, -0.1) is 0 Å². The summed E-state index contributed by atoms with van der Waals surface area (Å²) >= 11 is 0. The smallest absolute Gasteiger partial charge is 0.269 e. The number of hydrogen-bond acceptors (Lipinski definition) is 4. The third kappa shape index (κ3) is 6.34. The monoisotopic (exact) mass is 409 g/mol. The second-order valence-electron chi connectivity index (χ2n) is 7.80. The molecule has 0 spiro atoms. The van der Waals surface area contributed by atoms with E-state index in [-0.39, 0.29) is 11.8 Å². The minimum Gasteiger partial charge on any atom is -0.494 e. The van der Waals surface area contributed by atoms with Crippen LogP contribution in [0.3, 0.4) is 0 Å². The topological polar surface area (TPSA) is 96.5 Å². The first-order chi connectivity index (χ1) is 14.4. The molecule has 1 aliphatic rings. The highest BCUT2D eigenvalue weighted by molar-refractivity contribution is 5.99. The molecule has 1 saturated carbocycles. The third-order valence-corrected chi connectivity index (χ3v) is 4.73. The Morgan fingerprint density at radius 3 is 1.93 bits per heavy atom. The molecule has 2 aromatic carbocycles. The van der Waals surface area contributed by atoms with Gasteiger partial charge in [0.2, 0.25) is 5.91 Å². The molecule has 158 valence electrons. The average molecular weight is 409 g/mol. The van der Waals surface area contributed by atoms with E-state index in [0.717, 1.165) is 19.3 Å². The van der Waals surface area contributed by atoms with Crippen LogP contribution in [0.5, 0.6) is 5.75 Å². The highest BCUT2D eigenvalue weighted by Gasteiger charge is 2.29. The van der Waals surface area contributed by atoms with Crippen molar-refractivity contribution in [3.63, 3.8) is 0 Å². The number of rotatable bonds is 8. The van der Waals surface area contributed by atoms with Crippen LogP contribution in [0.4, 0.5) is 5.69 Å². The molecule has 0 atom stereocenters. The molecule has 7 nitrogen and oxygen atoms in total. The first-order valence-corrected chi connectivity index (χ1v) is 10.2. The van der Waals surface area contributed by atoms with E-state index in [1.807, 2.05) is 0 Å². The van der Waals surface area contributed by atoms with Crippen LogP contribution in [0.2, 0.25) is 0 Å². The van der Waals surface area contributed by atoms with Crippen LogP contribution >= 0.6 is 0 Å². The predicted molar refractivity (Wildman–Crippen MR) is 114 cm³/mol. The largest absolute Gasteiger partial charge is 0.494 e. The van der Waals surface area contributed by atoms with Crippen molar-refractivity contribution in [3.8, 4) is 5.75 Å². The number of hydrogen-bond donors (Lipinski definition) is 3. The molecule has 1 fully saturated rings. The number of amides is 3. The predicted octanol–water partition coefficient (Wildman–Crippen LogP) is 3.53. The summed E-state index contributed by atoms with van der Waals surface area (Å²) in [7, 11) is 0. The fourth-order valence-corrected chi connectivity index (χ4v) is 2.67. The Hall–Kier alpha value is -3.35. The number of benzene rings is 2. The summed E-state index contributed by atoms with van der Waals surface area (Å²) in [4.78, 5) is 36.2. The third-order valence-electron chi connectivity index (χ3n) is 4.73. The van der Waals surface area contributed by atoms with Crippen LogP contribution in [-0.4, -0.2) is 24.3 Å². The summed E-state index contributed by atoms with van der Waals surface area (Å²) in [5.74, 6) is 0.517. The van der Waals surface area contributed by atoms with Crippen LogP contribution in [0.15, 0.2) is 48.5 Å². The Kier molecular flexibility index (Phi) is 7.06. The van der Waals surface area contributed by atoms with E-state index in [4.69, 9.17) is 4.74 Å². The lowest BCUT2D eigenvalue weighted by atomic mass is 10.1. The molecular weight excluding hydrogens is 382 g/mol. The second kappa shape index (κ2) is 9.91. The van der Waals surface area contributed by atoms with Crippen molar-refractivity contribution >= 4 is 23.4 Å². The quantitative estimate of drug-likeness (QED) is 0.581.